The lowest BCUT2D eigenvalue weighted by atomic mass is 10.0. The smallest absolute Gasteiger partial charge is 0.240 e. The molecule has 0 aliphatic rings. The van der Waals surface area contributed by atoms with Crippen molar-refractivity contribution >= 4 is 40.0 Å². The van der Waals surface area contributed by atoms with E-state index in [2.05, 4.69) is 25.4 Å². The Morgan fingerprint density at radius 1 is 1.23 bits per heavy atom. The van der Waals surface area contributed by atoms with Crippen LogP contribution in [0.2, 0.25) is 0 Å². The SMILES string of the molecule is CCNC(=NCC(C)(O)c1cnn(C)c1)NCCNS(=O)(=O)c1ccc(C)cc1.I. The first-order valence-corrected chi connectivity index (χ1v) is 10.9. The largest absolute Gasteiger partial charge is 0.383 e. The van der Waals surface area contributed by atoms with Gasteiger partial charge in [0.05, 0.1) is 17.6 Å². The Balaban J connectivity index is 0.00000450. The number of halogens is 1. The van der Waals surface area contributed by atoms with Crippen molar-refractivity contribution in [3.63, 3.8) is 0 Å². The zero-order chi connectivity index (χ0) is 21.5. The first-order valence-electron chi connectivity index (χ1n) is 9.44. The van der Waals surface area contributed by atoms with E-state index < -0.39 is 15.6 Å². The van der Waals surface area contributed by atoms with E-state index in [1.54, 1.807) is 55.3 Å². The van der Waals surface area contributed by atoms with E-state index >= 15 is 0 Å². The van der Waals surface area contributed by atoms with Crippen LogP contribution < -0.4 is 15.4 Å². The van der Waals surface area contributed by atoms with Crippen molar-refractivity contribution in [3.8, 4) is 0 Å². The van der Waals surface area contributed by atoms with Gasteiger partial charge in [-0.15, -0.1) is 24.0 Å². The summed E-state index contributed by atoms with van der Waals surface area (Å²) in [6, 6.07) is 6.68. The molecule has 4 N–H and O–H groups in total. The van der Waals surface area contributed by atoms with Crippen molar-refractivity contribution in [3.05, 3.63) is 47.8 Å². The highest BCUT2D eigenvalue weighted by Gasteiger charge is 2.24. The van der Waals surface area contributed by atoms with E-state index in [0.717, 1.165) is 5.56 Å². The van der Waals surface area contributed by atoms with Crippen molar-refractivity contribution in [2.24, 2.45) is 12.0 Å². The molecular weight excluding hydrogens is 519 g/mol. The Labute approximate surface area is 195 Å². The van der Waals surface area contributed by atoms with Gasteiger partial charge in [-0.05, 0) is 32.9 Å². The van der Waals surface area contributed by atoms with Crippen molar-refractivity contribution in [1.29, 1.82) is 0 Å². The third-order valence-electron chi connectivity index (χ3n) is 4.26. The number of aromatic nitrogens is 2. The average Bonchev–Trinajstić information content (AvgIpc) is 3.11. The van der Waals surface area contributed by atoms with E-state index in [1.807, 2.05) is 13.8 Å². The molecule has 2 aromatic rings. The lowest BCUT2D eigenvalue weighted by Crippen LogP contribution is -2.42. The minimum absolute atomic E-state index is 0. The third-order valence-corrected chi connectivity index (χ3v) is 5.73. The number of rotatable bonds is 9. The van der Waals surface area contributed by atoms with Gasteiger partial charge in [-0.1, -0.05) is 17.7 Å². The predicted octanol–water partition coefficient (Wildman–Crippen LogP) is 1.09. The first-order chi connectivity index (χ1) is 13.6. The molecule has 0 bridgehead atoms. The Morgan fingerprint density at radius 2 is 1.90 bits per heavy atom. The van der Waals surface area contributed by atoms with Crippen LogP contribution in [0.5, 0.6) is 0 Å². The molecule has 11 heteroatoms. The Hall–Kier alpha value is -1.70. The van der Waals surface area contributed by atoms with Crippen LogP contribution in [0.25, 0.3) is 0 Å². The molecule has 1 aromatic carbocycles. The third kappa shape index (κ3) is 7.85. The quantitative estimate of drug-likeness (QED) is 0.161. The lowest BCUT2D eigenvalue weighted by molar-refractivity contribution is 0.0672. The first kappa shape index (κ1) is 26.3. The van der Waals surface area contributed by atoms with Gasteiger partial charge in [0.1, 0.15) is 5.60 Å². The number of benzene rings is 1. The highest BCUT2D eigenvalue weighted by molar-refractivity contribution is 14.0. The number of hydrogen-bond donors (Lipinski definition) is 4. The zero-order valence-corrected chi connectivity index (χ0v) is 20.9. The fourth-order valence-corrected chi connectivity index (χ4v) is 3.56. The molecule has 168 valence electrons. The molecule has 0 spiro atoms. The molecule has 0 radical (unpaired) electrons. The Bertz CT molecular complexity index is 926. The van der Waals surface area contributed by atoms with Gasteiger partial charge in [-0.2, -0.15) is 5.10 Å². The summed E-state index contributed by atoms with van der Waals surface area (Å²) in [4.78, 5) is 4.64. The van der Waals surface area contributed by atoms with Crippen LogP contribution in [0.15, 0.2) is 46.5 Å². The van der Waals surface area contributed by atoms with E-state index in [1.165, 1.54) is 0 Å². The van der Waals surface area contributed by atoms with Gasteiger partial charge < -0.3 is 15.7 Å². The van der Waals surface area contributed by atoms with Crippen molar-refractivity contribution in [2.75, 3.05) is 26.2 Å². The van der Waals surface area contributed by atoms with Crippen LogP contribution in [0, 0.1) is 6.92 Å². The maximum absolute atomic E-state index is 12.3. The number of sulfonamides is 1. The molecule has 0 aliphatic carbocycles. The second-order valence-electron chi connectivity index (χ2n) is 7.01. The number of nitrogens with zero attached hydrogens (tertiary/aromatic N) is 3. The Kier molecular flexibility index (Phi) is 10.2. The number of nitrogens with one attached hydrogen (secondary N) is 3. The van der Waals surface area contributed by atoms with Gasteiger partial charge in [-0.3, -0.25) is 4.68 Å². The fraction of sp³-hybridized carbons (Fsp3) is 0.474. The second-order valence-corrected chi connectivity index (χ2v) is 8.78. The maximum atomic E-state index is 12.3. The molecule has 9 nitrogen and oxygen atoms in total. The number of guanidine groups is 1. The van der Waals surface area contributed by atoms with Crippen molar-refractivity contribution < 1.29 is 13.5 Å². The maximum Gasteiger partial charge on any atom is 0.240 e. The van der Waals surface area contributed by atoms with Crippen molar-refractivity contribution in [2.45, 2.75) is 31.3 Å². The molecule has 1 aromatic heterocycles. The average molecular weight is 550 g/mol. The molecule has 0 aliphatic heterocycles. The topological polar surface area (TPSA) is 121 Å². The highest BCUT2D eigenvalue weighted by Crippen LogP contribution is 2.19. The van der Waals surface area contributed by atoms with E-state index in [4.69, 9.17) is 0 Å². The number of aliphatic hydroxyl groups is 1. The van der Waals surface area contributed by atoms with Gasteiger partial charge in [0.15, 0.2) is 5.96 Å². The highest BCUT2D eigenvalue weighted by atomic mass is 127. The minimum Gasteiger partial charge on any atom is -0.383 e. The number of hydrogen-bond acceptors (Lipinski definition) is 5. The molecular formula is C19H31IN6O3S. The molecule has 2 rings (SSSR count). The van der Waals surface area contributed by atoms with Crippen LogP contribution in [-0.2, 0) is 22.7 Å². The molecule has 0 saturated heterocycles. The summed E-state index contributed by atoms with van der Waals surface area (Å²) in [5.41, 5.74) is 0.508. The Morgan fingerprint density at radius 3 is 2.47 bits per heavy atom. The predicted molar refractivity (Wildman–Crippen MR) is 129 cm³/mol. The monoisotopic (exact) mass is 550 g/mol. The lowest BCUT2D eigenvalue weighted by Gasteiger charge is -2.20. The standard InChI is InChI=1S/C19H30N6O3S.HI/c1-5-20-18(22-14-19(3,26)16-12-23-25(4)13-16)21-10-11-24-29(27,28)17-8-6-15(2)7-9-17;/h6-9,12-13,24,26H,5,10-11,14H2,1-4H3,(H2,20,21,22);1H. The van der Waals surface area contributed by atoms with Gasteiger partial charge in [-0.25, -0.2) is 18.1 Å². The summed E-state index contributed by atoms with van der Waals surface area (Å²) in [6.45, 7) is 6.80. The molecule has 1 unspecified atom stereocenters. The van der Waals surface area contributed by atoms with Gasteiger partial charge in [0.2, 0.25) is 10.0 Å². The second kappa shape index (κ2) is 11.6. The molecule has 0 fully saturated rings. The van der Waals surface area contributed by atoms with Gasteiger partial charge in [0.25, 0.3) is 0 Å². The van der Waals surface area contributed by atoms with Gasteiger partial charge >= 0.3 is 0 Å². The molecule has 0 saturated carbocycles. The van der Waals surface area contributed by atoms with E-state index in [-0.39, 0.29) is 42.0 Å². The summed E-state index contributed by atoms with van der Waals surface area (Å²) in [6.07, 6.45) is 3.35. The molecule has 1 heterocycles. The molecule has 1 atom stereocenters. The molecule has 30 heavy (non-hydrogen) atoms. The summed E-state index contributed by atoms with van der Waals surface area (Å²) < 4.78 is 28.8. The van der Waals surface area contributed by atoms with Crippen molar-refractivity contribution in [1.82, 2.24) is 25.1 Å². The summed E-state index contributed by atoms with van der Waals surface area (Å²) >= 11 is 0. The van der Waals surface area contributed by atoms with Crippen LogP contribution >= 0.6 is 24.0 Å². The summed E-state index contributed by atoms with van der Waals surface area (Å²) in [5, 5.41) is 20.8. The fourth-order valence-electron chi connectivity index (χ4n) is 2.53. The van der Waals surface area contributed by atoms with Crippen LogP contribution in [0.3, 0.4) is 0 Å². The zero-order valence-electron chi connectivity index (χ0n) is 17.7. The minimum atomic E-state index is -3.56. The number of aryl methyl sites for hydroxylation is 2. The molecule has 0 amide bonds. The number of aliphatic imine (C=N–C) groups is 1. The van der Waals surface area contributed by atoms with E-state index in [9.17, 15) is 13.5 Å². The summed E-state index contributed by atoms with van der Waals surface area (Å²) in [7, 11) is -1.77. The van der Waals surface area contributed by atoms with E-state index in [0.29, 0.717) is 24.6 Å². The van der Waals surface area contributed by atoms with Gasteiger partial charge in [0, 0.05) is 38.4 Å². The normalized spacial score (nSPS) is 14.0. The van der Waals surface area contributed by atoms with Crippen LogP contribution in [-0.4, -0.2) is 55.4 Å². The van der Waals surface area contributed by atoms with Crippen LogP contribution in [0.4, 0.5) is 0 Å². The summed E-state index contributed by atoms with van der Waals surface area (Å²) in [5.74, 6) is 0.492. The van der Waals surface area contributed by atoms with Crippen LogP contribution in [0.1, 0.15) is 25.0 Å².